The summed E-state index contributed by atoms with van der Waals surface area (Å²) in [5, 5.41) is 11.2. The van der Waals surface area contributed by atoms with Crippen LogP contribution in [0, 0.1) is 0 Å². The zero-order chi connectivity index (χ0) is 31.2. The van der Waals surface area contributed by atoms with Crippen molar-refractivity contribution >= 4 is 45.7 Å². The van der Waals surface area contributed by atoms with Crippen molar-refractivity contribution in [2.75, 3.05) is 9.80 Å². The monoisotopic (exact) mass is 600 g/mol. The van der Waals surface area contributed by atoms with Crippen molar-refractivity contribution < 1.29 is 19.4 Å². The highest BCUT2D eigenvalue weighted by Crippen LogP contribution is 2.51. The van der Waals surface area contributed by atoms with Crippen LogP contribution in [0.15, 0.2) is 151 Å². The number of para-hydroxylation sites is 8. The smallest absolute Gasteiger partial charge is 0.192 e. The molecule has 0 saturated carbocycles. The summed E-state index contributed by atoms with van der Waals surface area (Å²) < 4.78 is 12.3. The lowest BCUT2D eigenvalue weighted by Gasteiger charge is -2.32. The fourth-order valence-electron chi connectivity index (χ4n) is 6.04. The molecule has 2 heterocycles. The number of benzene rings is 6. The minimum absolute atomic E-state index is 0.0561. The first kappa shape index (κ1) is 27.3. The molecule has 222 valence electrons. The van der Waals surface area contributed by atoms with Crippen LogP contribution >= 0.6 is 0 Å². The molecule has 6 aromatic carbocycles. The second-order valence-electron chi connectivity index (χ2n) is 11.1. The molecule has 0 aliphatic carbocycles. The molecule has 0 saturated heterocycles. The zero-order valence-electron chi connectivity index (χ0n) is 24.9. The van der Waals surface area contributed by atoms with Gasteiger partial charge < -0.3 is 24.4 Å². The number of ketones is 1. The first-order valence-corrected chi connectivity index (χ1v) is 15.0. The third-order valence-electron chi connectivity index (χ3n) is 8.35. The van der Waals surface area contributed by atoms with E-state index in [0.29, 0.717) is 11.1 Å². The van der Waals surface area contributed by atoms with Crippen molar-refractivity contribution in [2.45, 2.75) is 6.92 Å². The molecule has 46 heavy (non-hydrogen) atoms. The van der Waals surface area contributed by atoms with E-state index < -0.39 is 0 Å². The number of carbonyl (C=O) groups is 1. The number of aliphatic hydroxyl groups is 1. The van der Waals surface area contributed by atoms with Gasteiger partial charge in [-0.25, -0.2) is 0 Å². The molecule has 0 amide bonds. The lowest BCUT2D eigenvalue weighted by molar-refractivity contribution is 0.103. The van der Waals surface area contributed by atoms with Crippen molar-refractivity contribution in [3.63, 3.8) is 0 Å². The lowest BCUT2D eigenvalue weighted by Crippen LogP contribution is -2.15. The maximum Gasteiger partial charge on any atom is 0.192 e. The molecule has 6 aromatic rings. The molecular weight excluding hydrogens is 572 g/mol. The van der Waals surface area contributed by atoms with Gasteiger partial charge in [0.15, 0.2) is 28.8 Å². The van der Waals surface area contributed by atoms with Gasteiger partial charge in [0.2, 0.25) is 0 Å². The van der Waals surface area contributed by atoms with Gasteiger partial charge in [0, 0.05) is 28.1 Å². The van der Waals surface area contributed by atoms with Gasteiger partial charge in [-0.1, -0.05) is 48.5 Å². The first-order valence-electron chi connectivity index (χ1n) is 15.0. The second kappa shape index (κ2) is 11.0. The molecule has 2 aliphatic rings. The van der Waals surface area contributed by atoms with Gasteiger partial charge in [0.1, 0.15) is 5.76 Å². The maximum absolute atomic E-state index is 13.6. The number of rotatable bonds is 5. The van der Waals surface area contributed by atoms with Crippen LogP contribution in [0.3, 0.4) is 0 Å². The Morgan fingerprint density at radius 1 is 0.478 bits per heavy atom. The summed E-state index contributed by atoms with van der Waals surface area (Å²) in [6, 6.07) is 46.5. The third-order valence-corrected chi connectivity index (χ3v) is 8.35. The van der Waals surface area contributed by atoms with Gasteiger partial charge in [-0.3, -0.25) is 4.79 Å². The van der Waals surface area contributed by atoms with E-state index in [0.717, 1.165) is 57.1 Å². The third kappa shape index (κ3) is 4.55. The summed E-state index contributed by atoms with van der Waals surface area (Å²) in [6.45, 7) is 1.66. The van der Waals surface area contributed by atoms with Gasteiger partial charge in [-0.15, -0.1) is 0 Å². The molecule has 2 aliphatic heterocycles. The molecule has 0 spiro atoms. The summed E-state index contributed by atoms with van der Waals surface area (Å²) >= 11 is 0. The number of hydrogen-bond donors (Lipinski definition) is 1. The van der Waals surface area contributed by atoms with Crippen molar-refractivity contribution in [2.24, 2.45) is 0 Å². The summed E-state index contributed by atoms with van der Waals surface area (Å²) in [4.78, 5) is 17.8. The number of fused-ring (bicyclic) bond motifs is 4. The van der Waals surface area contributed by atoms with Crippen LogP contribution in [0.4, 0.5) is 34.1 Å². The van der Waals surface area contributed by atoms with E-state index in [2.05, 4.69) is 9.80 Å². The van der Waals surface area contributed by atoms with E-state index in [1.54, 1.807) is 19.1 Å². The van der Waals surface area contributed by atoms with Crippen LogP contribution in [0.2, 0.25) is 0 Å². The minimum Gasteiger partial charge on any atom is -0.507 e. The van der Waals surface area contributed by atoms with Gasteiger partial charge in [0.25, 0.3) is 0 Å². The molecule has 0 fully saturated rings. The van der Waals surface area contributed by atoms with Crippen LogP contribution in [-0.2, 0) is 0 Å². The van der Waals surface area contributed by atoms with Gasteiger partial charge in [-0.2, -0.15) is 0 Å². The molecule has 8 rings (SSSR count). The Morgan fingerprint density at radius 3 is 1.17 bits per heavy atom. The average Bonchev–Trinajstić information content (AvgIpc) is 3.12. The minimum atomic E-state index is -0.244. The molecule has 0 bridgehead atoms. The molecule has 0 radical (unpaired) electrons. The number of nitrogens with zero attached hydrogens (tertiary/aromatic N) is 2. The van der Waals surface area contributed by atoms with E-state index >= 15 is 0 Å². The number of aliphatic hydroxyl groups excluding tert-OH is 1. The number of Topliss-reactive ketones (excluding diaryl/α,β-unsaturated/α-hetero) is 1. The van der Waals surface area contributed by atoms with Crippen LogP contribution in [0.25, 0.3) is 5.76 Å². The molecule has 6 nitrogen and oxygen atoms in total. The summed E-state index contributed by atoms with van der Waals surface area (Å²) in [7, 11) is 0. The molecule has 6 heteroatoms. The molecule has 0 atom stereocenters. The highest BCUT2D eigenvalue weighted by molar-refractivity contribution is 6.12. The number of ether oxygens (including phenoxy) is 2. The number of hydrogen-bond acceptors (Lipinski definition) is 6. The Bertz CT molecular complexity index is 2060. The van der Waals surface area contributed by atoms with Crippen LogP contribution < -0.4 is 19.3 Å². The van der Waals surface area contributed by atoms with E-state index in [1.165, 1.54) is 0 Å². The predicted molar refractivity (Wildman–Crippen MR) is 182 cm³/mol. The number of allylic oxidation sites excluding steroid dienone is 1. The summed E-state index contributed by atoms with van der Waals surface area (Å²) in [6.07, 6.45) is 0. The van der Waals surface area contributed by atoms with Gasteiger partial charge >= 0.3 is 0 Å². The molecular formula is C40H28N2O4. The maximum atomic E-state index is 13.6. The normalized spacial score (nSPS) is 13.2. The fraction of sp³-hybridized carbons (Fsp3) is 0.0250. The van der Waals surface area contributed by atoms with Gasteiger partial charge in [-0.05, 0) is 104 Å². The number of carbonyl (C=O) groups excluding carboxylic acids is 1. The van der Waals surface area contributed by atoms with E-state index in [4.69, 9.17) is 9.47 Å². The SMILES string of the molecule is CC(C(=O)c1ccc(N2c3ccccc3Oc3ccccc32)cc1)=C(O)c1ccc(N2c3ccccc3Oc3ccccc32)cc1. The van der Waals surface area contributed by atoms with Gasteiger partial charge in [0.05, 0.1) is 22.7 Å². The summed E-state index contributed by atoms with van der Waals surface area (Å²) in [5.74, 6) is 2.76. The Kier molecular flexibility index (Phi) is 6.54. The number of anilines is 6. The summed E-state index contributed by atoms with van der Waals surface area (Å²) in [5.41, 5.74) is 6.80. The van der Waals surface area contributed by atoms with Crippen molar-refractivity contribution in [1.82, 2.24) is 0 Å². The molecule has 0 aromatic heterocycles. The van der Waals surface area contributed by atoms with Crippen LogP contribution in [0.5, 0.6) is 23.0 Å². The predicted octanol–water partition coefficient (Wildman–Crippen LogP) is 11.0. The highest BCUT2D eigenvalue weighted by atomic mass is 16.5. The second-order valence-corrected chi connectivity index (χ2v) is 11.1. The van der Waals surface area contributed by atoms with E-state index in [-0.39, 0.29) is 17.1 Å². The zero-order valence-corrected chi connectivity index (χ0v) is 24.9. The Labute approximate surface area is 266 Å². The van der Waals surface area contributed by atoms with Crippen LogP contribution in [0.1, 0.15) is 22.8 Å². The standard InChI is InChI=1S/C40H28N2O4/c1-26(39(43)27-18-22-29(23-19-27)41-31-10-2-6-14-35(31)45-36-15-7-3-11-32(36)41)40(44)28-20-24-30(25-21-28)42-33-12-4-8-16-37(33)46-38-17-9-5-13-34(38)42/h2-25,43H,1H3. The van der Waals surface area contributed by atoms with Crippen molar-refractivity contribution in [1.29, 1.82) is 0 Å². The topological polar surface area (TPSA) is 62.2 Å². The molecule has 0 unspecified atom stereocenters. The van der Waals surface area contributed by atoms with Crippen molar-refractivity contribution in [3.8, 4) is 23.0 Å². The largest absolute Gasteiger partial charge is 0.507 e. The van der Waals surface area contributed by atoms with E-state index in [1.807, 2.05) is 133 Å². The molecule has 1 N–H and O–H groups in total. The fourth-order valence-corrected chi connectivity index (χ4v) is 6.04. The Morgan fingerprint density at radius 2 is 0.804 bits per heavy atom. The van der Waals surface area contributed by atoms with Crippen LogP contribution in [-0.4, -0.2) is 10.9 Å². The lowest BCUT2D eigenvalue weighted by atomic mass is 10.00. The van der Waals surface area contributed by atoms with Crippen molar-refractivity contribution in [3.05, 3.63) is 162 Å². The highest BCUT2D eigenvalue weighted by Gasteiger charge is 2.27. The Hall–Kier alpha value is -6.27. The van der Waals surface area contributed by atoms with E-state index in [9.17, 15) is 9.90 Å². The average molecular weight is 601 g/mol. The Balaban J connectivity index is 1.07. The first-order chi connectivity index (χ1) is 22.6. The quantitative estimate of drug-likeness (QED) is 0.120.